The average molecular weight is 205 g/mol. The molecule has 0 bridgehead atoms. The summed E-state index contributed by atoms with van der Waals surface area (Å²) in [4.78, 5) is 0. The number of aromatic nitrogens is 2. The molecule has 1 aromatic rings. The van der Waals surface area contributed by atoms with Gasteiger partial charge in [-0.1, -0.05) is 18.1 Å². The van der Waals surface area contributed by atoms with Gasteiger partial charge < -0.3 is 5.73 Å². The predicted molar refractivity (Wildman–Crippen MR) is 61.3 cm³/mol. The summed E-state index contributed by atoms with van der Waals surface area (Å²) in [6.07, 6.45) is 12.5. The molecular formula is C12H19N3. The molecule has 0 saturated carbocycles. The first-order valence-corrected chi connectivity index (χ1v) is 5.70. The van der Waals surface area contributed by atoms with Crippen LogP contribution in [0, 0.1) is 0 Å². The van der Waals surface area contributed by atoms with Crippen molar-refractivity contribution >= 4 is 0 Å². The van der Waals surface area contributed by atoms with Crippen LogP contribution in [0.5, 0.6) is 0 Å². The van der Waals surface area contributed by atoms with Gasteiger partial charge in [0.2, 0.25) is 0 Å². The normalized spacial score (nSPS) is 19.5. The maximum Gasteiger partial charge on any atom is 0.0542 e. The molecule has 0 spiro atoms. The molecule has 2 N–H and O–H groups in total. The third-order valence-electron chi connectivity index (χ3n) is 3.06. The fourth-order valence-electron chi connectivity index (χ4n) is 2.14. The van der Waals surface area contributed by atoms with Crippen molar-refractivity contribution in [1.29, 1.82) is 0 Å². The SMILES string of the molecule is Cn1cc(C(N)C2=CCCCCC2)cn1. The van der Waals surface area contributed by atoms with Crippen LogP contribution in [0.15, 0.2) is 24.0 Å². The Hall–Kier alpha value is -1.09. The van der Waals surface area contributed by atoms with E-state index in [2.05, 4.69) is 11.2 Å². The van der Waals surface area contributed by atoms with Crippen molar-refractivity contribution in [2.24, 2.45) is 12.8 Å². The van der Waals surface area contributed by atoms with Gasteiger partial charge in [-0.2, -0.15) is 5.10 Å². The van der Waals surface area contributed by atoms with Gasteiger partial charge in [0.05, 0.1) is 12.2 Å². The minimum atomic E-state index is 0.0526. The van der Waals surface area contributed by atoms with E-state index in [0.29, 0.717) is 0 Å². The van der Waals surface area contributed by atoms with E-state index in [1.54, 1.807) is 0 Å². The van der Waals surface area contributed by atoms with Gasteiger partial charge in [0.15, 0.2) is 0 Å². The Labute approximate surface area is 91.0 Å². The molecule has 2 rings (SSSR count). The lowest BCUT2D eigenvalue weighted by Gasteiger charge is -2.13. The molecule has 1 heterocycles. The molecule has 0 aromatic carbocycles. The number of allylic oxidation sites excluding steroid dienone is 1. The second kappa shape index (κ2) is 4.62. The molecule has 3 heteroatoms. The van der Waals surface area contributed by atoms with Crippen LogP contribution in [0.1, 0.15) is 43.7 Å². The lowest BCUT2D eigenvalue weighted by Crippen LogP contribution is -2.12. The molecule has 82 valence electrons. The number of hydrogen-bond acceptors (Lipinski definition) is 2. The van der Waals surface area contributed by atoms with Gasteiger partial charge in [-0.25, -0.2) is 0 Å². The second-order valence-corrected chi connectivity index (χ2v) is 4.30. The van der Waals surface area contributed by atoms with Crippen LogP contribution < -0.4 is 5.73 Å². The maximum atomic E-state index is 6.23. The Bertz CT molecular complexity index is 352. The molecule has 1 aliphatic carbocycles. The molecule has 0 saturated heterocycles. The third-order valence-corrected chi connectivity index (χ3v) is 3.06. The van der Waals surface area contributed by atoms with E-state index in [0.717, 1.165) is 12.0 Å². The standard InChI is InChI=1S/C12H19N3/c1-15-9-11(8-14-15)12(13)10-6-4-2-3-5-7-10/h6,8-9,12H,2-5,7,13H2,1H3. The summed E-state index contributed by atoms with van der Waals surface area (Å²) in [5, 5.41) is 4.17. The van der Waals surface area contributed by atoms with E-state index in [1.807, 2.05) is 24.1 Å². The van der Waals surface area contributed by atoms with Crippen molar-refractivity contribution in [2.45, 2.75) is 38.1 Å². The monoisotopic (exact) mass is 205 g/mol. The van der Waals surface area contributed by atoms with Crippen molar-refractivity contribution in [3.8, 4) is 0 Å². The molecule has 1 aromatic heterocycles. The summed E-state index contributed by atoms with van der Waals surface area (Å²) in [7, 11) is 1.93. The fourth-order valence-corrected chi connectivity index (χ4v) is 2.14. The highest BCUT2D eigenvalue weighted by Gasteiger charge is 2.14. The molecule has 15 heavy (non-hydrogen) atoms. The molecule has 0 amide bonds. The van der Waals surface area contributed by atoms with Gasteiger partial charge in [0.1, 0.15) is 0 Å². The highest BCUT2D eigenvalue weighted by Crippen LogP contribution is 2.26. The predicted octanol–water partition coefficient (Wildman–Crippen LogP) is 2.31. The van der Waals surface area contributed by atoms with Gasteiger partial charge in [-0.15, -0.1) is 0 Å². The quantitative estimate of drug-likeness (QED) is 0.753. The summed E-state index contributed by atoms with van der Waals surface area (Å²) in [5.74, 6) is 0. The van der Waals surface area contributed by atoms with E-state index < -0.39 is 0 Å². The van der Waals surface area contributed by atoms with Crippen LogP contribution in [0.3, 0.4) is 0 Å². The van der Waals surface area contributed by atoms with Crippen LogP contribution in [0.4, 0.5) is 0 Å². The van der Waals surface area contributed by atoms with Crippen LogP contribution in [0.2, 0.25) is 0 Å². The first-order valence-electron chi connectivity index (χ1n) is 5.70. The van der Waals surface area contributed by atoms with Gasteiger partial charge in [-0.3, -0.25) is 4.68 Å². The lowest BCUT2D eigenvalue weighted by molar-refractivity contribution is 0.687. The van der Waals surface area contributed by atoms with Gasteiger partial charge >= 0.3 is 0 Å². The average Bonchev–Trinajstić information content (AvgIpc) is 2.53. The molecule has 1 aliphatic rings. The zero-order chi connectivity index (χ0) is 10.7. The smallest absolute Gasteiger partial charge is 0.0542 e. The fraction of sp³-hybridized carbons (Fsp3) is 0.583. The number of nitrogens with two attached hydrogens (primary N) is 1. The zero-order valence-corrected chi connectivity index (χ0v) is 9.32. The van der Waals surface area contributed by atoms with Crippen molar-refractivity contribution in [2.75, 3.05) is 0 Å². The summed E-state index contributed by atoms with van der Waals surface area (Å²) < 4.78 is 1.81. The summed E-state index contributed by atoms with van der Waals surface area (Å²) in [6, 6.07) is 0.0526. The molecule has 1 unspecified atom stereocenters. The summed E-state index contributed by atoms with van der Waals surface area (Å²) >= 11 is 0. The van der Waals surface area contributed by atoms with Crippen molar-refractivity contribution in [3.05, 3.63) is 29.6 Å². The topological polar surface area (TPSA) is 43.8 Å². The Morgan fingerprint density at radius 3 is 3.00 bits per heavy atom. The Kier molecular flexibility index (Phi) is 3.21. The summed E-state index contributed by atoms with van der Waals surface area (Å²) in [5.41, 5.74) is 8.75. The number of aryl methyl sites for hydroxylation is 1. The number of nitrogens with zero attached hydrogens (tertiary/aromatic N) is 2. The van der Waals surface area contributed by atoms with E-state index >= 15 is 0 Å². The van der Waals surface area contributed by atoms with Crippen LogP contribution in [-0.4, -0.2) is 9.78 Å². The highest BCUT2D eigenvalue weighted by molar-refractivity contribution is 5.24. The molecular weight excluding hydrogens is 186 g/mol. The number of rotatable bonds is 2. The largest absolute Gasteiger partial charge is 0.320 e. The van der Waals surface area contributed by atoms with Crippen LogP contribution in [-0.2, 0) is 7.05 Å². The van der Waals surface area contributed by atoms with E-state index in [1.165, 1.54) is 31.3 Å². The van der Waals surface area contributed by atoms with E-state index in [-0.39, 0.29) is 6.04 Å². The maximum absolute atomic E-state index is 6.23. The van der Waals surface area contributed by atoms with E-state index in [9.17, 15) is 0 Å². The lowest BCUT2D eigenvalue weighted by atomic mass is 9.98. The molecule has 0 fully saturated rings. The van der Waals surface area contributed by atoms with Crippen molar-refractivity contribution in [3.63, 3.8) is 0 Å². The third kappa shape index (κ3) is 2.48. The van der Waals surface area contributed by atoms with Crippen molar-refractivity contribution < 1.29 is 0 Å². The van der Waals surface area contributed by atoms with Crippen LogP contribution in [0.25, 0.3) is 0 Å². The van der Waals surface area contributed by atoms with Gasteiger partial charge in [0.25, 0.3) is 0 Å². The molecule has 1 atom stereocenters. The highest BCUT2D eigenvalue weighted by atomic mass is 15.2. The molecule has 3 nitrogen and oxygen atoms in total. The second-order valence-electron chi connectivity index (χ2n) is 4.30. The van der Waals surface area contributed by atoms with Crippen LogP contribution >= 0.6 is 0 Å². The van der Waals surface area contributed by atoms with Gasteiger partial charge in [-0.05, 0) is 25.7 Å². The number of hydrogen-bond donors (Lipinski definition) is 1. The first-order chi connectivity index (χ1) is 7.27. The first kappa shape index (κ1) is 10.4. The van der Waals surface area contributed by atoms with Crippen molar-refractivity contribution in [1.82, 2.24) is 9.78 Å². The zero-order valence-electron chi connectivity index (χ0n) is 9.32. The Balaban J connectivity index is 2.12. The minimum absolute atomic E-state index is 0.0526. The van der Waals surface area contributed by atoms with Gasteiger partial charge in [0, 0.05) is 18.8 Å². The summed E-state index contributed by atoms with van der Waals surface area (Å²) in [6.45, 7) is 0. The minimum Gasteiger partial charge on any atom is -0.320 e. The Morgan fingerprint density at radius 2 is 2.27 bits per heavy atom. The van der Waals surface area contributed by atoms with E-state index in [4.69, 9.17) is 5.73 Å². The Morgan fingerprint density at radius 1 is 1.40 bits per heavy atom. The molecule has 0 aliphatic heterocycles. The molecule has 0 radical (unpaired) electrons.